The predicted octanol–water partition coefficient (Wildman–Crippen LogP) is 3.94. The molecular weight excluding hydrogens is 316 g/mol. The zero-order valence-electron chi connectivity index (χ0n) is 16.3. The Bertz CT molecular complexity index is 454. The van der Waals surface area contributed by atoms with E-state index in [2.05, 4.69) is 0 Å². The predicted molar refractivity (Wildman–Crippen MR) is 88.3 cm³/mol. The highest BCUT2D eigenvalue weighted by Gasteiger charge is 2.38. The minimum atomic E-state index is -1.04. The SMILES string of the molecule is CN(C(=O)OC(C)(C)C)N(C(=O)OC(C)(C)C)C(=O)OC(C)(C)C. The van der Waals surface area contributed by atoms with Gasteiger partial charge in [-0.15, -0.1) is 5.01 Å². The third-order valence-electron chi connectivity index (χ3n) is 2.09. The Hall–Kier alpha value is -1.99. The minimum absolute atomic E-state index is 0.477. The van der Waals surface area contributed by atoms with Crippen LogP contribution in [-0.2, 0) is 14.2 Å². The summed E-state index contributed by atoms with van der Waals surface area (Å²) in [5, 5.41) is 1.21. The second-order valence-corrected chi connectivity index (χ2v) is 8.28. The van der Waals surface area contributed by atoms with E-state index in [1.54, 1.807) is 62.3 Å². The third-order valence-corrected chi connectivity index (χ3v) is 2.09. The molecule has 0 aliphatic heterocycles. The fourth-order valence-corrected chi connectivity index (χ4v) is 1.34. The number of rotatable bonds is 0. The molecule has 8 heteroatoms. The van der Waals surface area contributed by atoms with Gasteiger partial charge in [-0.1, -0.05) is 0 Å². The highest BCUT2D eigenvalue weighted by atomic mass is 16.6. The van der Waals surface area contributed by atoms with E-state index in [-0.39, 0.29) is 0 Å². The van der Waals surface area contributed by atoms with Gasteiger partial charge in [0.05, 0.1) is 0 Å². The monoisotopic (exact) mass is 346 g/mol. The summed E-state index contributed by atoms with van der Waals surface area (Å²) in [5.74, 6) is 0. The van der Waals surface area contributed by atoms with Gasteiger partial charge in [-0.05, 0) is 62.3 Å². The molecule has 0 saturated heterocycles. The van der Waals surface area contributed by atoms with E-state index in [9.17, 15) is 14.4 Å². The molecule has 8 nitrogen and oxygen atoms in total. The first kappa shape index (κ1) is 22.0. The van der Waals surface area contributed by atoms with Crippen LogP contribution in [0, 0.1) is 0 Å². The summed E-state index contributed by atoms with van der Waals surface area (Å²) >= 11 is 0. The van der Waals surface area contributed by atoms with Crippen molar-refractivity contribution in [3.63, 3.8) is 0 Å². The second kappa shape index (κ2) is 7.27. The van der Waals surface area contributed by atoms with Crippen molar-refractivity contribution in [3.8, 4) is 0 Å². The Balaban J connectivity index is 5.49. The average molecular weight is 346 g/mol. The fourth-order valence-electron chi connectivity index (χ4n) is 1.34. The van der Waals surface area contributed by atoms with Gasteiger partial charge < -0.3 is 14.2 Å². The van der Waals surface area contributed by atoms with E-state index < -0.39 is 35.1 Å². The molecule has 0 rings (SSSR count). The lowest BCUT2D eigenvalue weighted by Gasteiger charge is -2.33. The van der Waals surface area contributed by atoms with E-state index in [1.807, 2.05) is 0 Å². The standard InChI is InChI=1S/C16H30N2O6/c1-14(2,3)22-11(19)17(10)18(12(20)23-15(4,5)6)13(21)24-16(7,8)9/h1-10H3. The molecule has 0 N–H and O–H groups in total. The Morgan fingerprint density at radius 2 is 0.833 bits per heavy atom. The molecule has 0 aliphatic rings. The quantitative estimate of drug-likeness (QED) is 0.488. The fraction of sp³-hybridized carbons (Fsp3) is 0.812. The van der Waals surface area contributed by atoms with Crippen LogP contribution in [0.1, 0.15) is 62.3 Å². The van der Waals surface area contributed by atoms with E-state index in [0.29, 0.717) is 5.01 Å². The largest absolute Gasteiger partial charge is 0.442 e. The summed E-state index contributed by atoms with van der Waals surface area (Å²) in [6, 6.07) is 0. The van der Waals surface area contributed by atoms with Crippen LogP contribution >= 0.6 is 0 Å². The summed E-state index contributed by atoms with van der Waals surface area (Å²) < 4.78 is 15.5. The van der Waals surface area contributed by atoms with Gasteiger partial charge in [0.1, 0.15) is 16.8 Å². The van der Waals surface area contributed by atoms with Crippen LogP contribution < -0.4 is 0 Å². The summed E-state index contributed by atoms with van der Waals surface area (Å²) in [6.45, 7) is 14.9. The van der Waals surface area contributed by atoms with Gasteiger partial charge in [0, 0.05) is 7.05 Å². The molecule has 24 heavy (non-hydrogen) atoms. The van der Waals surface area contributed by atoms with Crippen LogP contribution in [0.4, 0.5) is 14.4 Å². The first-order chi connectivity index (χ1) is 10.4. The topological polar surface area (TPSA) is 85.4 Å². The molecule has 0 aliphatic carbocycles. The third kappa shape index (κ3) is 8.59. The Morgan fingerprint density at radius 3 is 1.08 bits per heavy atom. The molecule has 0 fully saturated rings. The normalized spacial score (nSPS) is 12.2. The summed E-state index contributed by atoms with van der Waals surface area (Å²) in [6.07, 6.45) is -2.96. The van der Waals surface area contributed by atoms with Crippen molar-refractivity contribution in [2.24, 2.45) is 0 Å². The molecule has 0 spiro atoms. The van der Waals surface area contributed by atoms with Crippen molar-refractivity contribution in [1.82, 2.24) is 10.0 Å². The maximum atomic E-state index is 12.4. The van der Waals surface area contributed by atoms with Gasteiger partial charge in [0.2, 0.25) is 0 Å². The van der Waals surface area contributed by atoms with E-state index >= 15 is 0 Å². The molecular formula is C16H30N2O6. The van der Waals surface area contributed by atoms with Gasteiger partial charge in [0.25, 0.3) is 0 Å². The number of ether oxygens (including phenoxy) is 3. The van der Waals surface area contributed by atoms with Gasteiger partial charge in [-0.2, -0.15) is 0 Å². The molecule has 140 valence electrons. The van der Waals surface area contributed by atoms with Crippen LogP contribution in [0.3, 0.4) is 0 Å². The number of amides is 3. The number of carbonyl (C=O) groups excluding carboxylic acids is 3. The van der Waals surface area contributed by atoms with Crippen LogP contribution in [0.25, 0.3) is 0 Å². The van der Waals surface area contributed by atoms with Crippen LogP contribution in [0.15, 0.2) is 0 Å². The zero-order valence-corrected chi connectivity index (χ0v) is 16.3. The summed E-state index contributed by atoms with van der Waals surface area (Å²) in [5.41, 5.74) is -2.50. The number of hydrogen-bond donors (Lipinski definition) is 0. The number of imide groups is 1. The van der Waals surface area contributed by atoms with E-state index in [0.717, 1.165) is 5.01 Å². The van der Waals surface area contributed by atoms with Crippen LogP contribution in [0.2, 0.25) is 0 Å². The molecule has 0 bridgehead atoms. The summed E-state index contributed by atoms with van der Waals surface area (Å²) in [4.78, 5) is 36.9. The molecule has 0 aromatic carbocycles. The van der Waals surface area contributed by atoms with Crippen molar-refractivity contribution in [1.29, 1.82) is 0 Å². The Labute approximate surface area is 144 Å². The number of hydrogen-bond acceptors (Lipinski definition) is 6. The van der Waals surface area contributed by atoms with Gasteiger partial charge in [-0.25, -0.2) is 19.4 Å². The Kier molecular flexibility index (Phi) is 6.67. The first-order valence-corrected chi connectivity index (χ1v) is 7.66. The van der Waals surface area contributed by atoms with Gasteiger partial charge in [0.15, 0.2) is 0 Å². The van der Waals surface area contributed by atoms with Crippen molar-refractivity contribution >= 4 is 18.3 Å². The van der Waals surface area contributed by atoms with E-state index in [1.165, 1.54) is 7.05 Å². The van der Waals surface area contributed by atoms with Gasteiger partial charge >= 0.3 is 18.3 Å². The van der Waals surface area contributed by atoms with Crippen LogP contribution in [0.5, 0.6) is 0 Å². The number of carbonyl (C=O) groups is 3. The molecule has 0 atom stereocenters. The lowest BCUT2D eigenvalue weighted by molar-refractivity contribution is -0.0609. The maximum absolute atomic E-state index is 12.4. The highest BCUT2D eigenvalue weighted by molar-refractivity contribution is 5.90. The molecule has 0 heterocycles. The molecule has 0 aromatic heterocycles. The van der Waals surface area contributed by atoms with Crippen molar-refractivity contribution in [2.45, 2.75) is 79.1 Å². The minimum Gasteiger partial charge on any atom is -0.442 e. The molecule has 3 amide bonds. The molecule has 0 saturated carbocycles. The van der Waals surface area contributed by atoms with Crippen LogP contribution in [-0.4, -0.2) is 52.1 Å². The number of hydrazine groups is 1. The van der Waals surface area contributed by atoms with Gasteiger partial charge in [-0.3, -0.25) is 0 Å². The molecule has 0 radical (unpaired) electrons. The van der Waals surface area contributed by atoms with Crippen molar-refractivity contribution in [3.05, 3.63) is 0 Å². The molecule has 0 unspecified atom stereocenters. The lowest BCUT2D eigenvalue weighted by Crippen LogP contribution is -2.54. The van der Waals surface area contributed by atoms with Crippen molar-refractivity contribution < 1.29 is 28.6 Å². The zero-order chi connectivity index (χ0) is 19.5. The summed E-state index contributed by atoms with van der Waals surface area (Å²) in [7, 11) is 1.22. The molecule has 0 aromatic rings. The maximum Gasteiger partial charge on any atom is 0.439 e. The van der Waals surface area contributed by atoms with Crippen molar-refractivity contribution in [2.75, 3.05) is 7.05 Å². The average Bonchev–Trinajstić information content (AvgIpc) is 2.20. The number of nitrogens with zero attached hydrogens (tertiary/aromatic N) is 2. The first-order valence-electron chi connectivity index (χ1n) is 7.66. The lowest BCUT2D eigenvalue weighted by atomic mass is 10.2. The highest BCUT2D eigenvalue weighted by Crippen LogP contribution is 2.17. The van der Waals surface area contributed by atoms with E-state index in [4.69, 9.17) is 14.2 Å². The second-order valence-electron chi connectivity index (χ2n) is 8.28. The smallest absolute Gasteiger partial charge is 0.439 e. The Morgan fingerprint density at radius 1 is 0.583 bits per heavy atom.